The van der Waals surface area contributed by atoms with Crippen molar-refractivity contribution in [1.29, 1.82) is 0 Å². The van der Waals surface area contributed by atoms with Gasteiger partial charge in [0, 0.05) is 12.1 Å². The lowest BCUT2D eigenvalue weighted by atomic mass is 10.1. The molecule has 0 radical (unpaired) electrons. The number of ether oxygens (including phenoxy) is 1. The molecule has 1 unspecified atom stereocenters. The third kappa shape index (κ3) is 4.59. The Balaban J connectivity index is 0.00000225. The molecule has 1 aromatic heterocycles. The van der Waals surface area contributed by atoms with Gasteiger partial charge in [-0.3, -0.25) is 0 Å². The molecular weight excluding hydrogens is 338 g/mol. The Morgan fingerprint density at radius 2 is 1.92 bits per heavy atom. The molecule has 0 aliphatic heterocycles. The van der Waals surface area contributed by atoms with Gasteiger partial charge in [0.15, 0.2) is 6.10 Å². The molecule has 3 aromatic rings. The molecular formula is C19H22ClN3O2. The quantitative estimate of drug-likeness (QED) is 0.703. The zero-order valence-corrected chi connectivity index (χ0v) is 15.1. The summed E-state index contributed by atoms with van der Waals surface area (Å²) in [4.78, 5) is 4.49. The number of aryl methyl sites for hydroxylation is 1. The highest BCUT2D eigenvalue weighted by Gasteiger charge is 2.20. The molecule has 0 aliphatic carbocycles. The van der Waals surface area contributed by atoms with Gasteiger partial charge in [-0.2, -0.15) is 4.98 Å². The third-order valence-corrected chi connectivity index (χ3v) is 3.80. The summed E-state index contributed by atoms with van der Waals surface area (Å²) in [5.41, 5.74) is 8.73. The minimum atomic E-state index is -0.267. The van der Waals surface area contributed by atoms with Gasteiger partial charge < -0.3 is 15.0 Å². The van der Waals surface area contributed by atoms with Crippen molar-refractivity contribution in [3.8, 4) is 17.1 Å². The van der Waals surface area contributed by atoms with E-state index in [-0.39, 0.29) is 18.5 Å². The van der Waals surface area contributed by atoms with E-state index in [0.717, 1.165) is 28.9 Å². The van der Waals surface area contributed by atoms with Crippen molar-refractivity contribution in [3.63, 3.8) is 0 Å². The van der Waals surface area contributed by atoms with Crippen molar-refractivity contribution in [2.24, 2.45) is 5.73 Å². The number of hydrogen-bond donors (Lipinski definition) is 1. The van der Waals surface area contributed by atoms with E-state index in [9.17, 15) is 0 Å². The van der Waals surface area contributed by atoms with Crippen LogP contribution in [0.25, 0.3) is 11.4 Å². The standard InChI is InChI=1S/C19H21N3O2.ClH/c1-3-17(23-16-6-4-5-13(2)11-16)19-21-18(22-24-19)15-9-7-14(12-20)8-10-15;/h4-11,17H,3,12,20H2,1-2H3;1H. The average Bonchev–Trinajstić information content (AvgIpc) is 3.10. The molecule has 25 heavy (non-hydrogen) atoms. The summed E-state index contributed by atoms with van der Waals surface area (Å²) in [5.74, 6) is 1.84. The first-order valence-corrected chi connectivity index (χ1v) is 8.06. The summed E-state index contributed by atoms with van der Waals surface area (Å²) < 4.78 is 11.4. The van der Waals surface area contributed by atoms with Crippen LogP contribution in [0.1, 0.15) is 36.5 Å². The van der Waals surface area contributed by atoms with E-state index in [4.69, 9.17) is 15.0 Å². The van der Waals surface area contributed by atoms with Crippen molar-refractivity contribution in [2.75, 3.05) is 0 Å². The van der Waals surface area contributed by atoms with Crippen LogP contribution in [0.3, 0.4) is 0 Å². The number of rotatable bonds is 6. The smallest absolute Gasteiger partial charge is 0.268 e. The zero-order chi connectivity index (χ0) is 16.9. The monoisotopic (exact) mass is 359 g/mol. The van der Waals surface area contributed by atoms with Crippen molar-refractivity contribution in [2.45, 2.75) is 32.9 Å². The number of hydrogen-bond acceptors (Lipinski definition) is 5. The van der Waals surface area contributed by atoms with Gasteiger partial charge in [-0.15, -0.1) is 12.4 Å². The highest BCUT2D eigenvalue weighted by atomic mass is 35.5. The Morgan fingerprint density at radius 3 is 2.56 bits per heavy atom. The van der Waals surface area contributed by atoms with Crippen molar-refractivity contribution >= 4 is 12.4 Å². The molecule has 0 saturated carbocycles. The Hall–Kier alpha value is -2.37. The Kier molecular flexibility index (Phi) is 6.56. The molecule has 0 amide bonds. The second kappa shape index (κ2) is 8.65. The summed E-state index contributed by atoms with van der Waals surface area (Å²) >= 11 is 0. The molecule has 0 saturated heterocycles. The van der Waals surface area contributed by atoms with E-state index in [1.165, 1.54) is 0 Å². The number of nitrogens with zero attached hydrogens (tertiary/aromatic N) is 2. The highest BCUT2D eigenvalue weighted by molar-refractivity contribution is 5.85. The summed E-state index contributed by atoms with van der Waals surface area (Å²) in [7, 11) is 0. The topological polar surface area (TPSA) is 74.2 Å². The Bertz CT molecular complexity index is 802. The first-order valence-electron chi connectivity index (χ1n) is 8.06. The maximum Gasteiger partial charge on any atom is 0.268 e. The van der Waals surface area contributed by atoms with Gasteiger partial charge in [-0.05, 0) is 36.6 Å². The van der Waals surface area contributed by atoms with Gasteiger partial charge in [-0.1, -0.05) is 48.5 Å². The second-order valence-corrected chi connectivity index (χ2v) is 5.69. The van der Waals surface area contributed by atoms with Crippen LogP contribution in [0.4, 0.5) is 0 Å². The van der Waals surface area contributed by atoms with E-state index in [1.54, 1.807) is 0 Å². The zero-order valence-electron chi connectivity index (χ0n) is 14.3. The van der Waals surface area contributed by atoms with E-state index >= 15 is 0 Å². The fourth-order valence-corrected chi connectivity index (χ4v) is 2.43. The maximum atomic E-state index is 6.00. The maximum absolute atomic E-state index is 6.00. The number of aromatic nitrogens is 2. The summed E-state index contributed by atoms with van der Waals surface area (Å²) in [6.07, 6.45) is 0.471. The van der Waals surface area contributed by atoms with Crippen molar-refractivity contribution < 1.29 is 9.26 Å². The van der Waals surface area contributed by atoms with E-state index in [2.05, 4.69) is 10.1 Å². The molecule has 5 nitrogen and oxygen atoms in total. The third-order valence-electron chi connectivity index (χ3n) is 3.80. The first-order chi connectivity index (χ1) is 11.7. The summed E-state index contributed by atoms with van der Waals surface area (Å²) in [6, 6.07) is 15.7. The number of nitrogens with two attached hydrogens (primary N) is 1. The Morgan fingerprint density at radius 1 is 1.16 bits per heavy atom. The van der Waals surface area contributed by atoms with Gasteiger partial charge in [0.25, 0.3) is 5.89 Å². The molecule has 6 heteroatoms. The molecule has 0 bridgehead atoms. The average molecular weight is 360 g/mol. The van der Waals surface area contributed by atoms with Crippen molar-refractivity contribution in [3.05, 3.63) is 65.5 Å². The normalized spacial score (nSPS) is 11.6. The van der Waals surface area contributed by atoms with E-state index < -0.39 is 0 Å². The van der Waals surface area contributed by atoms with Gasteiger partial charge in [0.1, 0.15) is 5.75 Å². The highest BCUT2D eigenvalue weighted by Crippen LogP contribution is 2.26. The molecule has 0 fully saturated rings. The van der Waals surface area contributed by atoms with Crippen LogP contribution in [0.15, 0.2) is 53.1 Å². The molecule has 1 atom stereocenters. The van der Waals surface area contributed by atoms with Gasteiger partial charge in [0.05, 0.1) is 0 Å². The van der Waals surface area contributed by atoms with Crippen LogP contribution >= 0.6 is 12.4 Å². The van der Waals surface area contributed by atoms with E-state index in [0.29, 0.717) is 18.3 Å². The molecule has 132 valence electrons. The fraction of sp³-hybridized carbons (Fsp3) is 0.263. The van der Waals surface area contributed by atoms with Gasteiger partial charge in [-0.25, -0.2) is 0 Å². The number of benzene rings is 2. The lowest BCUT2D eigenvalue weighted by Gasteiger charge is -2.13. The lowest BCUT2D eigenvalue weighted by Crippen LogP contribution is -2.07. The molecule has 3 rings (SSSR count). The molecule has 2 aromatic carbocycles. The van der Waals surface area contributed by atoms with Crippen LogP contribution < -0.4 is 10.5 Å². The van der Waals surface area contributed by atoms with Crippen LogP contribution in [-0.2, 0) is 6.54 Å². The Labute approximate surface area is 153 Å². The molecule has 0 aliphatic rings. The van der Waals surface area contributed by atoms with Crippen LogP contribution in [-0.4, -0.2) is 10.1 Å². The van der Waals surface area contributed by atoms with Crippen LogP contribution in [0.5, 0.6) is 5.75 Å². The SMILES string of the molecule is CCC(Oc1cccc(C)c1)c1nc(-c2ccc(CN)cc2)no1.Cl. The predicted molar refractivity (Wildman–Crippen MR) is 99.7 cm³/mol. The second-order valence-electron chi connectivity index (χ2n) is 5.69. The molecule has 1 heterocycles. The summed E-state index contributed by atoms with van der Waals surface area (Å²) in [5, 5.41) is 4.07. The lowest BCUT2D eigenvalue weighted by molar-refractivity contribution is 0.154. The first kappa shape index (κ1) is 19.0. The molecule has 2 N–H and O–H groups in total. The minimum absolute atomic E-state index is 0. The largest absolute Gasteiger partial charge is 0.481 e. The fourth-order valence-electron chi connectivity index (χ4n) is 2.43. The van der Waals surface area contributed by atoms with Gasteiger partial charge in [0.2, 0.25) is 5.82 Å². The predicted octanol–water partition coefficient (Wildman–Crippen LogP) is 4.46. The van der Waals surface area contributed by atoms with E-state index in [1.807, 2.05) is 62.4 Å². The van der Waals surface area contributed by atoms with Gasteiger partial charge >= 0.3 is 0 Å². The van der Waals surface area contributed by atoms with Crippen LogP contribution in [0.2, 0.25) is 0 Å². The number of halogens is 1. The summed E-state index contributed by atoms with van der Waals surface area (Å²) in [6.45, 7) is 4.57. The van der Waals surface area contributed by atoms with Crippen LogP contribution in [0, 0.1) is 6.92 Å². The molecule has 0 spiro atoms. The van der Waals surface area contributed by atoms with Crippen molar-refractivity contribution in [1.82, 2.24) is 10.1 Å². The minimum Gasteiger partial charge on any atom is -0.481 e.